The molecule has 2 aliphatic rings. The summed E-state index contributed by atoms with van der Waals surface area (Å²) in [5.41, 5.74) is 1.01. The summed E-state index contributed by atoms with van der Waals surface area (Å²) < 4.78 is 11.1. The molecule has 178 valence electrons. The molecule has 1 aromatic rings. The second-order valence-corrected chi connectivity index (χ2v) is 7.92. The molecule has 2 N–H and O–H groups in total. The molecule has 0 aliphatic carbocycles. The van der Waals surface area contributed by atoms with Crippen molar-refractivity contribution >= 4 is 41.8 Å². The Hall–Kier alpha value is -1.72. The van der Waals surface area contributed by atoms with Crippen LogP contribution in [0, 0.1) is 5.92 Å². The topological polar surface area (TPSA) is 92.3 Å². The Morgan fingerprint density at radius 3 is 2.31 bits per heavy atom. The fourth-order valence-electron chi connectivity index (χ4n) is 3.81. The van der Waals surface area contributed by atoms with Gasteiger partial charge in [0.2, 0.25) is 0 Å². The van der Waals surface area contributed by atoms with E-state index in [1.54, 1.807) is 31.3 Å². The van der Waals surface area contributed by atoms with E-state index in [9.17, 15) is 9.59 Å². The van der Waals surface area contributed by atoms with Crippen molar-refractivity contribution < 1.29 is 19.1 Å². The van der Waals surface area contributed by atoms with Gasteiger partial charge in [0, 0.05) is 53.1 Å². The van der Waals surface area contributed by atoms with Gasteiger partial charge in [-0.15, -0.1) is 24.0 Å². The van der Waals surface area contributed by atoms with Crippen molar-refractivity contribution in [2.75, 3.05) is 53.1 Å². The Morgan fingerprint density at radius 2 is 1.69 bits per heavy atom. The maximum absolute atomic E-state index is 12.4. The quantitative estimate of drug-likeness (QED) is 0.143. The van der Waals surface area contributed by atoms with Crippen molar-refractivity contribution in [3.05, 3.63) is 35.4 Å². The number of guanidine groups is 1. The zero-order valence-electron chi connectivity index (χ0n) is 18.8. The molecule has 9 heteroatoms. The van der Waals surface area contributed by atoms with Crippen LogP contribution in [0.4, 0.5) is 0 Å². The Bertz CT molecular complexity index is 733. The summed E-state index contributed by atoms with van der Waals surface area (Å²) in [6.07, 6.45) is 4.70. The molecule has 2 heterocycles. The minimum absolute atomic E-state index is 0. The molecule has 8 nitrogen and oxygen atoms in total. The van der Waals surface area contributed by atoms with Crippen LogP contribution < -0.4 is 10.6 Å². The summed E-state index contributed by atoms with van der Waals surface area (Å²) in [6.45, 7) is 5.23. The lowest BCUT2D eigenvalue weighted by Crippen LogP contribution is -2.38. The molecule has 0 radical (unpaired) electrons. The van der Waals surface area contributed by atoms with Gasteiger partial charge in [-0.3, -0.25) is 19.5 Å². The van der Waals surface area contributed by atoms with Gasteiger partial charge >= 0.3 is 0 Å². The number of carbonyl (C=O) groups excluding carboxylic acids is 2. The molecule has 1 saturated heterocycles. The van der Waals surface area contributed by atoms with Crippen molar-refractivity contribution in [1.29, 1.82) is 0 Å². The molecule has 0 spiro atoms. The van der Waals surface area contributed by atoms with Crippen LogP contribution >= 0.6 is 24.0 Å². The molecule has 0 aromatic heterocycles. The fraction of sp³-hybridized carbons (Fsp3) is 0.609. The van der Waals surface area contributed by atoms with Crippen LogP contribution in [-0.4, -0.2) is 75.8 Å². The number of ether oxygens (including phenoxy) is 2. The van der Waals surface area contributed by atoms with Gasteiger partial charge in [0.05, 0.1) is 11.1 Å². The number of rotatable bonds is 11. The predicted molar refractivity (Wildman–Crippen MR) is 135 cm³/mol. The number of hydrogen-bond donors (Lipinski definition) is 2. The molecule has 2 aliphatic heterocycles. The first kappa shape index (κ1) is 26.5. The first-order valence-corrected chi connectivity index (χ1v) is 11.3. The predicted octanol–water partition coefficient (Wildman–Crippen LogP) is 2.68. The van der Waals surface area contributed by atoms with Gasteiger partial charge in [0.1, 0.15) is 0 Å². The lowest BCUT2D eigenvalue weighted by molar-refractivity contribution is 0.0203. The van der Waals surface area contributed by atoms with Crippen molar-refractivity contribution in [3.63, 3.8) is 0 Å². The van der Waals surface area contributed by atoms with Crippen molar-refractivity contribution in [3.8, 4) is 0 Å². The standard InChI is InChI=1S/C23H34N4O4.HI/c1-24-23(26-12-6-14-31-17-18-9-15-30-16-10-18)25-11-4-5-13-27-21(28)19-7-2-3-8-20(19)22(27)29;/h2-3,7-8,18H,4-6,9-17H2,1H3,(H2,24,25,26);1H. The lowest BCUT2D eigenvalue weighted by Gasteiger charge is -2.21. The zero-order chi connectivity index (χ0) is 21.9. The number of nitrogens with one attached hydrogen (secondary N) is 2. The normalized spacial score (nSPS) is 16.7. The molecule has 3 rings (SSSR count). The van der Waals surface area contributed by atoms with E-state index < -0.39 is 0 Å². The second kappa shape index (κ2) is 14.4. The summed E-state index contributed by atoms with van der Waals surface area (Å²) in [7, 11) is 1.75. The molecule has 2 amide bonds. The molecular formula is C23H35IN4O4. The maximum Gasteiger partial charge on any atom is 0.261 e. The number of fused-ring (bicyclic) bond motifs is 1. The Balaban J connectivity index is 0.00000363. The smallest absolute Gasteiger partial charge is 0.261 e. The third-order valence-electron chi connectivity index (χ3n) is 5.66. The van der Waals surface area contributed by atoms with Crippen LogP contribution in [0.1, 0.15) is 52.8 Å². The number of benzene rings is 1. The number of halogens is 1. The number of amides is 2. The molecular weight excluding hydrogens is 523 g/mol. The van der Waals surface area contributed by atoms with E-state index in [-0.39, 0.29) is 35.8 Å². The Kier molecular flexibility index (Phi) is 12.0. The number of hydrogen-bond acceptors (Lipinski definition) is 5. The number of imide groups is 1. The van der Waals surface area contributed by atoms with E-state index in [2.05, 4.69) is 15.6 Å². The number of nitrogens with zero attached hydrogens (tertiary/aromatic N) is 2. The number of carbonyl (C=O) groups is 2. The summed E-state index contributed by atoms with van der Waals surface area (Å²) in [5, 5.41) is 6.56. The van der Waals surface area contributed by atoms with Crippen molar-refractivity contribution in [2.24, 2.45) is 10.9 Å². The van der Waals surface area contributed by atoms with E-state index in [4.69, 9.17) is 9.47 Å². The summed E-state index contributed by atoms with van der Waals surface area (Å²) in [5.74, 6) is 1.01. The Labute approximate surface area is 207 Å². The fourth-order valence-corrected chi connectivity index (χ4v) is 3.81. The van der Waals surface area contributed by atoms with Crippen LogP contribution in [-0.2, 0) is 9.47 Å². The highest BCUT2D eigenvalue weighted by Crippen LogP contribution is 2.22. The van der Waals surface area contributed by atoms with Gasteiger partial charge < -0.3 is 20.1 Å². The molecule has 0 unspecified atom stereocenters. The number of aliphatic imine (C=N–C) groups is 1. The first-order valence-electron chi connectivity index (χ1n) is 11.3. The van der Waals surface area contributed by atoms with Crippen LogP contribution in [0.15, 0.2) is 29.3 Å². The van der Waals surface area contributed by atoms with E-state index >= 15 is 0 Å². The highest BCUT2D eigenvalue weighted by molar-refractivity contribution is 14.0. The van der Waals surface area contributed by atoms with Gasteiger partial charge in [0.25, 0.3) is 11.8 Å². The average molecular weight is 558 g/mol. The summed E-state index contributed by atoms with van der Waals surface area (Å²) >= 11 is 0. The van der Waals surface area contributed by atoms with Gasteiger partial charge in [-0.25, -0.2) is 0 Å². The third-order valence-corrected chi connectivity index (χ3v) is 5.66. The molecule has 0 saturated carbocycles. The van der Waals surface area contributed by atoms with E-state index in [1.807, 2.05) is 0 Å². The monoisotopic (exact) mass is 558 g/mol. The van der Waals surface area contributed by atoms with E-state index in [1.165, 1.54) is 4.90 Å². The molecule has 1 fully saturated rings. The van der Waals surface area contributed by atoms with Gasteiger partial charge in [0.15, 0.2) is 5.96 Å². The van der Waals surface area contributed by atoms with Crippen LogP contribution in [0.2, 0.25) is 0 Å². The van der Waals surface area contributed by atoms with Crippen molar-refractivity contribution in [2.45, 2.75) is 32.1 Å². The van der Waals surface area contributed by atoms with Gasteiger partial charge in [-0.1, -0.05) is 12.1 Å². The van der Waals surface area contributed by atoms with E-state index in [0.29, 0.717) is 23.6 Å². The van der Waals surface area contributed by atoms with Gasteiger partial charge in [-0.2, -0.15) is 0 Å². The molecule has 1 aromatic carbocycles. The van der Waals surface area contributed by atoms with Crippen LogP contribution in [0.25, 0.3) is 0 Å². The zero-order valence-corrected chi connectivity index (χ0v) is 21.1. The number of unbranched alkanes of at least 4 members (excludes halogenated alkanes) is 1. The molecule has 0 bridgehead atoms. The first-order chi connectivity index (χ1) is 15.2. The molecule has 0 atom stereocenters. The molecule has 32 heavy (non-hydrogen) atoms. The summed E-state index contributed by atoms with van der Waals surface area (Å²) in [4.78, 5) is 30.3. The highest BCUT2D eigenvalue weighted by atomic mass is 127. The SMILES string of the molecule is CN=C(NCCCCN1C(=O)c2ccccc2C1=O)NCCCOCC1CCOCC1.I. The lowest BCUT2D eigenvalue weighted by atomic mass is 10.0. The maximum atomic E-state index is 12.4. The third kappa shape index (κ3) is 7.70. The largest absolute Gasteiger partial charge is 0.381 e. The van der Waals surface area contributed by atoms with Crippen molar-refractivity contribution in [1.82, 2.24) is 15.5 Å². The van der Waals surface area contributed by atoms with Crippen LogP contribution in [0.5, 0.6) is 0 Å². The highest BCUT2D eigenvalue weighted by Gasteiger charge is 2.34. The average Bonchev–Trinajstić information content (AvgIpc) is 3.05. The van der Waals surface area contributed by atoms with E-state index in [0.717, 1.165) is 77.6 Å². The van der Waals surface area contributed by atoms with Crippen LogP contribution in [0.3, 0.4) is 0 Å². The second-order valence-electron chi connectivity index (χ2n) is 7.92. The minimum Gasteiger partial charge on any atom is -0.381 e. The van der Waals surface area contributed by atoms with Gasteiger partial charge in [-0.05, 0) is 50.2 Å². The minimum atomic E-state index is -0.190. The summed E-state index contributed by atoms with van der Waals surface area (Å²) in [6, 6.07) is 6.99. The Morgan fingerprint density at radius 1 is 1.06 bits per heavy atom.